The zero-order valence-corrected chi connectivity index (χ0v) is 39.5. The molecule has 4 aliphatic rings. The van der Waals surface area contributed by atoms with Crippen molar-refractivity contribution in [2.75, 3.05) is 19.6 Å². The van der Waals surface area contributed by atoms with Crippen molar-refractivity contribution in [1.82, 2.24) is 35.1 Å². The van der Waals surface area contributed by atoms with E-state index in [1.54, 1.807) is 16.2 Å². The summed E-state index contributed by atoms with van der Waals surface area (Å²) in [5.41, 5.74) is 3.77. The van der Waals surface area contributed by atoms with E-state index >= 15 is 4.79 Å². The highest BCUT2D eigenvalue weighted by Crippen LogP contribution is 2.48. The molecule has 0 bridgehead atoms. The smallest absolute Gasteiger partial charge is 0.255 e. The Balaban J connectivity index is 1.25. The Hall–Kier alpha value is -4.36. The van der Waals surface area contributed by atoms with Crippen LogP contribution in [0.25, 0.3) is 21.6 Å². The monoisotopic (exact) mass is 883 g/mol. The van der Waals surface area contributed by atoms with Gasteiger partial charge in [-0.3, -0.25) is 14.4 Å². The largest absolute Gasteiger partial charge is 0.488 e. The number of carbonyl (C=O) groups excluding carboxylic acids is 3. The number of pyridine rings is 1. The molecule has 7 rings (SSSR count). The lowest BCUT2D eigenvalue weighted by atomic mass is 10.0. The Labute approximate surface area is 374 Å². The van der Waals surface area contributed by atoms with Crippen LogP contribution in [0, 0.1) is 12.8 Å². The minimum Gasteiger partial charge on any atom is -0.488 e. The van der Waals surface area contributed by atoms with Gasteiger partial charge in [0.1, 0.15) is 40.2 Å². The SMILES string of the molecule is C=C(N[C@H]1CCCCC/C=C\C2C[C@@]2(C(=O)NS(=C)(=C)C2CC2)NC(=O)[C@@H]2C[C@@H](Oc3cc(-c4nc(C(C)C)cs4)nc4c(C)c(CC)ccc34)CN2C1=O)N(CCC)CCC. The number of fused-ring (bicyclic) bond motifs is 3. The molecule has 1 aromatic carbocycles. The molecule has 1 saturated heterocycles. The van der Waals surface area contributed by atoms with E-state index in [9.17, 15) is 9.59 Å². The standard InChI is InChI=1S/C49H69N7O4S2/c1-10-24-55(25-11-2)33(7)50-39-19-17-15-13-14-16-18-35-28-49(35,48(59)54-62(8,9)37-21-22-37)53-45(57)42-26-36(29-56(42)47(39)58)60-43-27-40(46-52-41(30-61-46)31(4)5)51-44-32(6)34(12-3)20-23-38(43)44/h16,18,20,23,27,30-31,35-37,39,42,50H,7-15,17,19,21-22,24-26,28-29H2,1-6H3,(H,53,57)(H,54,59)/b18-16-/t35?,36-,39+,42+,49-/m1/s1. The maximum Gasteiger partial charge on any atom is 0.255 e. The van der Waals surface area contributed by atoms with E-state index in [1.165, 1.54) is 5.56 Å². The van der Waals surface area contributed by atoms with Gasteiger partial charge in [-0.1, -0.05) is 84.0 Å². The van der Waals surface area contributed by atoms with Gasteiger partial charge in [0.05, 0.1) is 23.6 Å². The second-order valence-corrected chi connectivity index (χ2v) is 22.0. The van der Waals surface area contributed by atoms with E-state index in [0.717, 1.165) is 110 Å². The first kappa shape index (κ1) is 45.7. The number of carbonyl (C=O) groups is 3. The normalized spacial score (nSPS) is 25.0. The first-order valence-corrected chi connectivity index (χ1v) is 26.0. The number of nitrogens with zero attached hydrogens (tertiary/aromatic N) is 4. The van der Waals surface area contributed by atoms with Crippen LogP contribution < -0.4 is 20.1 Å². The lowest BCUT2D eigenvalue weighted by Crippen LogP contribution is -2.57. The number of thiazole rings is 1. The highest BCUT2D eigenvalue weighted by atomic mass is 32.2. The van der Waals surface area contributed by atoms with Gasteiger partial charge in [-0.15, -0.1) is 20.7 Å². The molecule has 5 atom stereocenters. The van der Waals surface area contributed by atoms with Gasteiger partial charge in [0.2, 0.25) is 11.8 Å². The van der Waals surface area contributed by atoms with Crippen molar-refractivity contribution in [2.45, 2.75) is 153 Å². The summed E-state index contributed by atoms with van der Waals surface area (Å²) >= 11 is 1.57. The molecule has 3 N–H and O–H groups in total. The van der Waals surface area contributed by atoms with E-state index in [1.807, 2.05) is 6.07 Å². The number of hydrogen-bond donors (Lipinski definition) is 3. The fraction of sp³-hybridized carbons (Fsp3) is 0.571. The van der Waals surface area contributed by atoms with Gasteiger partial charge in [0.15, 0.2) is 0 Å². The van der Waals surface area contributed by atoms with Crippen molar-refractivity contribution in [3.8, 4) is 16.5 Å². The molecule has 336 valence electrons. The number of aryl methyl sites for hydroxylation is 2. The first-order valence-electron chi connectivity index (χ1n) is 23.0. The third-order valence-corrected chi connectivity index (χ3v) is 16.4. The maximum absolute atomic E-state index is 15.1. The molecule has 3 amide bonds. The van der Waals surface area contributed by atoms with Gasteiger partial charge >= 0.3 is 0 Å². The van der Waals surface area contributed by atoms with Crippen LogP contribution >= 0.6 is 20.7 Å². The predicted molar refractivity (Wildman–Crippen MR) is 258 cm³/mol. The second-order valence-electron chi connectivity index (χ2n) is 18.4. The lowest BCUT2D eigenvalue weighted by Gasteiger charge is -2.33. The zero-order valence-electron chi connectivity index (χ0n) is 37.9. The van der Waals surface area contributed by atoms with Crippen LogP contribution in [-0.4, -0.2) is 97.8 Å². The van der Waals surface area contributed by atoms with Gasteiger partial charge in [-0.2, -0.15) is 0 Å². The number of nitrogens with one attached hydrogen (secondary N) is 3. The van der Waals surface area contributed by atoms with Crippen molar-refractivity contribution in [2.24, 2.45) is 5.92 Å². The molecular formula is C49H69N7O4S2. The molecule has 2 aromatic heterocycles. The number of rotatable bonds is 15. The van der Waals surface area contributed by atoms with Gasteiger partial charge in [0.25, 0.3) is 5.91 Å². The third kappa shape index (κ3) is 9.88. The van der Waals surface area contributed by atoms with E-state index in [2.05, 4.69) is 110 Å². The van der Waals surface area contributed by atoms with Crippen LogP contribution in [-0.2, 0) is 20.8 Å². The molecule has 11 nitrogen and oxygen atoms in total. The summed E-state index contributed by atoms with van der Waals surface area (Å²) in [5.74, 6) is 9.41. The van der Waals surface area contributed by atoms with Crippen molar-refractivity contribution >= 4 is 61.1 Å². The second kappa shape index (κ2) is 19.2. The van der Waals surface area contributed by atoms with Gasteiger partial charge in [0, 0.05) is 47.5 Å². The molecular weight excluding hydrogens is 815 g/mol. The summed E-state index contributed by atoms with van der Waals surface area (Å²) in [4.78, 5) is 58.4. The fourth-order valence-corrected chi connectivity index (χ4v) is 11.8. The topological polar surface area (TPSA) is 129 Å². The van der Waals surface area contributed by atoms with Crippen LogP contribution in [0.3, 0.4) is 0 Å². The van der Waals surface area contributed by atoms with Crippen molar-refractivity contribution in [3.63, 3.8) is 0 Å². The fourth-order valence-electron chi connectivity index (χ4n) is 9.14. The Morgan fingerprint density at radius 1 is 1.10 bits per heavy atom. The minimum atomic E-state index is -1.88. The summed E-state index contributed by atoms with van der Waals surface area (Å²) < 4.78 is 10.2. The van der Waals surface area contributed by atoms with Gasteiger partial charge < -0.3 is 29.9 Å². The molecule has 62 heavy (non-hydrogen) atoms. The number of ether oxygens (including phenoxy) is 1. The summed E-state index contributed by atoms with van der Waals surface area (Å²) in [6.45, 7) is 19.1. The first-order chi connectivity index (χ1) is 29.7. The molecule has 4 heterocycles. The molecule has 2 saturated carbocycles. The number of benzene rings is 1. The Morgan fingerprint density at radius 3 is 2.53 bits per heavy atom. The van der Waals surface area contributed by atoms with E-state index in [4.69, 9.17) is 14.7 Å². The lowest BCUT2D eigenvalue weighted by molar-refractivity contribution is -0.141. The molecule has 2 aliphatic carbocycles. The van der Waals surface area contributed by atoms with Crippen molar-refractivity contribution in [3.05, 3.63) is 65.0 Å². The van der Waals surface area contributed by atoms with E-state index in [0.29, 0.717) is 18.6 Å². The van der Waals surface area contributed by atoms with E-state index < -0.39 is 33.1 Å². The zero-order chi connectivity index (χ0) is 44.3. The molecule has 2 aliphatic heterocycles. The number of hydrogen-bond acceptors (Lipinski definition) is 9. The Morgan fingerprint density at radius 2 is 1.85 bits per heavy atom. The summed E-state index contributed by atoms with van der Waals surface area (Å²) in [6, 6.07) is 4.70. The summed E-state index contributed by atoms with van der Waals surface area (Å²) in [5, 5.41) is 10.9. The average molecular weight is 884 g/mol. The third-order valence-electron chi connectivity index (χ3n) is 13.1. The highest BCUT2D eigenvalue weighted by molar-refractivity contribution is 8.27. The van der Waals surface area contributed by atoms with E-state index in [-0.39, 0.29) is 47.8 Å². The molecule has 3 fully saturated rings. The molecule has 3 aromatic rings. The average Bonchev–Trinajstić information content (AvgIpc) is 4.11. The quantitative estimate of drug-likeness (QED) is 0.102. The Bertz CT molecular complexity index is 2290. The van der Waals surface area contributed by atoms with Crippen molar-refractivity contribution < 1.29 is 19.1 Å². The molecule has 0 radical (unpaired) electrons. The predicted octanol–water partition coefficient (Wildman–Crippen LogP) is 8.51. The molecule has 1 unspecified atom stereocenters. The number of amides is 3. The molecule has 13 heteroatoms. The molecule has 0 spiro atoms. The summed E-state index contributed by atoms with van der Waals surface area (Å²) in [7, 11) is -1.88. The van der Waals surface area contributed by atoms with Crippen molar-refractivity contribution in [1.29, 1.82) is 0 Å². The minimum absolute atomic E-state index is 0.162. The van der Waals surface area contributed by atoms with Crippen LogP contribution in [0.15, 0.2) is 48.1 Å². The van der Waals surface area contributed by atoms with Crippen LogP contribution in [0.4, 0.5) is 0 Å². The summed E-state index contributed by atoms with van der Waals surface area (Å²) in [6.07, 6.45) is 13.4. The van der Waals surface area contributed by atoms with Gasteiger partial charge in [-0.05, 0) is 87.8 Å². The van der Waals surface area contributed by atoms with Gasteiger partial charge in [-0.25, -0.2) is 9.97 Å². The van der Waals surface area contributed by atoms with Crippen LogP contribution in [0.5, 0.6) is 5.75 Å². The Kier molecular flexibility index (Phi) is 14.1. The highest BCUT2D eigenvalue weighted by Gasteiger charge is 2.61. The van der Waals surface area contributed by atoms with Crippen LogP contribution in [0.2, 0.25) is 0 Å². The van der Waals surface area contributed by atoms with Crippen LogP contribution in [0.1, 0.15) is 128 Å². The number of aromatic nitrogens is 2. The maximum atomic E-state index is 15.1. The number of allylic oxidation sites excluding steroid dienone is 1.